The van der Waals surface area contributed by atoms with Gasteiger partial charge in [0.1, 0.15) is 5.71 Å². The Hall–Kier alpha value is -2.96. The first-order chi connectivity index (χ1) is 10.9. The van der Waals surface area contributed by atoms with Crippen molar-refractivity contribution < 1.29 is 10.0 Å². The second-order valence-corrected chi connectivity index (χ2v) is 5.26. The molecule has 0 saturated carbocycles. The molecule has 7 nitrogen and oxygen atoms in total. The van der Waals surface area contributed by atoms with Gasteiger partial charge in [0.05, 0.1) is 5.71 Å². The van der Waals surface area contributed by atoms with Gasteiger partial charge >= 0.3 is 0 Å². The molecule has 0 saturated heterocycles. The van der Waals surface area contributed by atoms with E-state index in [-0.39, 0.29) is 13.3 Å². The van der Waals surface area contributed by atoms with Gasteiger partial charge in [-0.05, 0) is 36.8 Å². The summed E-state index contributed by atoms with van der Waals surface area (Å²) >= 11 is 0. The quantitative estimate of drug-likeness (QED) is 0.511. The van der Waals surface area contributed by atoms with Crippen LogP contribution in [0.1, 0.15) is 19.9 Å². The number of rotatable bonds is 2. The summed E-state index contributed by atoms with van der Waals surface area (Å²) in [4.78, 5) is 17.2. The number of hydrogen-bond donors (Lipinski definition) is 1. The summed E-state index contributed by atoms with van der Waals surface area (Å²) < 4.78 is 0.898. The van der Waals surface area contributed by atoms with Crippen molar-refractivity contribution in [2.75, 3.05) is 14.1 Å². The third-order valence-corrected chi connectivity index (χ3v) is 3.15. The van der Waals surface area contributed by atoms with Gasteiger partial charge in [-0.25, -0.2) is 4.99 Å². The molecular weight excluding hydrogens is 306 g/mol. The molecule has 128 valence electrons. The second kappa shape index (κ2) is 8.05. The highest BCUT2D eigenvalue weighted by Gasteiger charge is 2.12. The molecule has 0 aliphatic heterocycles. The Morgan fingerprint density at radius 2 is 1.92 bits per heavy atom. The van der Waals surface area contributed by atoms with Crippen molar-refractivity contribution in [3.63, 3.8) is 0 Å². The van der Waals surface area contributed by atoms with E-state index < -0.39 is 0 Å². The van der Waals surface area contributed by atoms with Crippen LogP contribution in [0.5, 0.6) is 0 Å². The molecule has 0 unspecified atom stereocenters. The lowest BCUT2D eigenvalue weighted by Crippen LogP contribution is -2.22. The molecule has 0 radical (unpaired) electrons. The number of hydrogen-bond acceptors (Lipinski definition) is 5. The van der Waals surface area contributed by atoms with Crippen LogP contribution in [0.15, 0.2) is 57.4 Å². The minimum atomic E-state index is -0.314. The van der Waals surface area contributed by atoms with Crippen molar-refractivity contribution >= 4 is 17.3 Å². The lowest BCUT2D eigenvalue weighted by molar-refractivity contribution is -0.115. The largest absolute Gasteiger partial charge is 0.427 e. The Balaban J connectivity index is 0.00000288. The summed E-state index contributed by atoms with van der Waals surface area (Å²) in [7, 11) is 3.80. The number of aliphatic imine (C=N–C) groups is 1. The number of aryl methyl sites for hydroxylation is 1. The predicted molar refractivity (Wildman–Crippen MR) is 95.1 cm³/mol. The van der Waals surface area contributed by atoms with Crippen LogP contribution < -0.4 is 5.49 Å². The molecule has 0 spiro atoms. The van der Waals surface area contributed by atoms with Crippen LogP contribution in [-0.4, -0.2) is 46.3 Å². The molecular formula is C17H23N5O2. The van der Waals surface area contributed by atoms with Gasteiger partial charge in [-0.1, -0.05) is 13.5 Å². The van der Waals surface area contributed by atoms with Crippen molar-refractivity contribution in [3.05, 3.63) is 53.3 Å². The first-order valence-corrected chi connectivity index (χ1v) is 7.04. The highest BCUT2D eigenvalue weighted by molar-refractivity contribution is 6.52. The summed E-state index contributed by atoms with van der Waals surface area (Å²) in [5, 5.41) is 18.0. The smallest absolute Gasteiger partial charge is 0.243 e. The lowest BCUT2D eigenvalue weighted by atomic mass is 10.1. The number of pyridine rings is 1. The molecule has 1 aromatic rings. The van der Waals surface area contributed by atoms with Crippen molar-refractivity contribution in [1.82, 2.24) is 9.63 Å². The standard InChI is InChI=1S/C16H19N5O2.CH4/c1-11-6-5-9-21(23)16(11)19-18-14-8-7-13(20(3)4)10-15(14)17-12(2)22;/h5-10,23H,1-4H3;1H4. The van der Waals surface area contributed by atoms with Crippen molar-refractivity contribution in [3.8, 4) is 0 Å². The number of nitrogens with zero attached hydrogens (tertiary/aromatic N) is 5. The highest BCUT2D eigenvalue weighted by atomic mass is 16.5. The molecule has 1 amide bonds. The van der Waals surface area contributed by atoms with Gasteiger partial charge in [-0.2, -0.15) is 4.73 Å². The lowest BCUT2D eigenvalue weighted by Gasteiger charge is -2.17. The predicted octanol–water partition coefficient (Wildman–Crippen LogP) is 1.93. The SMILES string of the molecule is C.CC(=O)N=C1C=C(N(C)C)C=CC1=NN=c1c(C)cccn1O. The summed E-state index contributed by atoms with van der Waals surface area (Å²) in [6.45, 7) is 3.20. The average molecular weight is 329 g/mol. The van der Waals surface area contributed by atoms with E-state index in [1.165, 1.54) is 13.1 Å². The fourth-order valence-electron chi connectivity index (χ4n) is 1.95. The molecule has 0 bridgehead atoms. The third-order valence-electron chi connectivity index (χ3n) is 3.15. The van der Waals surface area contributed by atoms with Crippen LogP contribution in [0.25, 0.3) is 0 Å². The molecule has 7 heteroatoms. The molecule has 1 N–H and O–H groups in total. The molecule has 1 aromatic heterocycles. The van der Waals surface area contributed by atoms with Crippen molar-refractivity contribution in [2.45, 2.75) is 21.3 Å². The Bertz CT molecular complexity index is 787. The van der Waals surface area contributed by atoms with Gasteiger partial charge in [-0.15, -0.1) is 10.2 Å². The Morgan fingerprint density at radius 1 is 1.21 bits per heavy atom. The van der Waals surface area contributed by atoms with E-state index in [0.29, 0.717) is 16.9 Å². The van der Waals surface area contributed by atoms with Gasteiger partial charge < -0.3 is 10.1 Å². The third kappa shape index (κ3) is 4.52. The number of carbonyl (C=O) groups is 1. The molecule has 24 heavy (non-hydrogen) atoms. The Morgan fingerprint density at radius 3 is 2.50 bits per heavy atom. The van der Waals surface area contributed by atoms with E-state index in [9.17, 15) is 10.0 Å². The van der Waals surface area contributed by atoms with Gasteiger partial charge in [0.15, 0.2) is 5.49 Å². The molecule has 2 rings (SSSR count). The van der Waals surface area contributed by atoms with Crippen molar-refractivity contribution in [1.29, 1.82) is 0 Å². The zero-order valence-corrected chi connectivity index (χ0v) is 13.6. The van der Waals surface area contributed by atoms with E-state index >= 15 is 0 Å². The fraction of sp³-hybridized carbons (Fsp3) is 0.294. The average Bonchev–Trinajstić information content (AvgIpc) is 2.47. The van der Waals surface area contributed by atoms with E-state index in [2.05, 4.69) is 15.2 Å². The van der Waals surface area contributed by atoms with Crippen LogP contribution >= 0.6 is 0 Å². The van der Waals surface area contributed by atoms with Gasteiger partial charge in [0, 0.05) is 32.9 Å². The number of aromatic nitrogens is 1. The monoisotopic (exact) mass is 329 g/mol. The summed E-state index contributed by atoms with van der Waals surface area (Å²) in [5.41, 5.74) is 2.88. The molecule has 1 aliphatic carbocycles. The van der Waals surface area contributed by atoms with E-state index in [0.717, 1.165) is 16.0 Å². The van der Waals surface area contributed by atoms with E-state index in [4.69, 9.17) is 0 Å². The normalized spacial score (nSPS) is 17.7. The van der Waals surface area contributed by atoms with Gasteiger partial charge in [0.2, 0.25) is 5.91 Å². The first kappa shape index (κ1) is 19.1. The zero-order valence-electron chi connectivity index (χ0n) is 13.6. The van der Waals surface area contributed by atoms with Crippen LogP contribution in [0, 0.1) is 6.92 Å². The number of likely N-dealkylation sites (N-methyl/N-ethyl adjacent to an activating group) is 1. The molecule has 0 fully saturated rings. The first-order valence-electron chi connectivity index (χ1n) is 7.04. The van der Waals surface area contributed by atoms with E-state index in [1.807, 2.05) is 38.1 Å². The fourth-order valence-corrected chi connectivity index (χ4v) is 1.95. The topological polar surface area (TPSA) is 82.5 Å². The van der Waals surface area contributed by atoms with Crippen LogP contribution in [0.4, 0.5) is 0 Å². The molecule has 1 heterocycles. The zero-order chi connectivity index (χ0) is 17.0. The number of allylic oxidation sites excluding steroid dienone is 3. The molecule has 0 atom stereocenters. The van der Waals surface area contributed by atoms with E-state index in [1.54, 1.807) is 18.2 Å². The number of carbonyl (C=O) groups excluding carboxylic acids is 1. The minimum absolute atomic E-state index is 0. The highest BCUT2D eigenvalue weighted by Crippen LogP contribution is 2.09. The Labute approximate surface area is 141 Å². The summed E-state index contributed by atoms with van der Waals surface area (Å²) in [5.74, 6) is -0.314. The Kier molecular flexibility index (Phi) is 6.40. The van der Waals surface area contributed by atoms with Gasteiger partial charge in [-0.3, -0.25) is 4.79 Å². The summed E-state index contributed by atoms with van der Waals surface area (Å²) in [6, 6.07) is 3.52. The van der Waals surface area contributed by atoms with Crippen molar-refractivity contribution in [2.24, 2.45) is 15.2 Å². The van der Waals surface area contributed by atoms with Crippen LogP contribution in [-0.2, 0) is 4.79 Å². The number of amides is 1. The molecule has 0 aromatic carbocycles. The maximum Gasteiger partial charge on any atom is 0.243 e. The van der Waals surface area contributed by atoms with Crippen LogP contribution in [0.2, 0.25) is 0 Å². The van der Waals surface area contributed by atoms with Crippen LogP contribution in [0.3, 0.4) is 0 Å². The summed E-state index contributed by atoms with van der Waals surface area (Å²) in [6.07, 6.45) is 6.83. The maximum absolute atomic E-state index is 11.3. The molecule has 1 aliphatic rings. The second-order valence-electron chi connectivity index (χ2n) is 5.26. The maximum atomic E-state index is 11.3. The minimum Gasteiger partial charge on any atom is -0.427 e. The van der Waals surface area contributed by atoms with Gasteiger partial charge in [0.25, 0.3) is 0 Å².